The molecule has 1 heteroatoms. The van der Waals surface area contributed by atoms with Crippen molar-refractivity contribution in [2.45, 2.75) is 116 Å². The molecule has 0 radical (unpaired) electrons. The molecule has 0 amide bonds. The van der Waals surface area contributed by atoms with Gasteiger partial charge < -0.3 is 4.90 Å². The van der Waals surface area contributed by atoms with E-state index in [4.69, 9.17) is 0 Å². The van der Waals surface area contributed by atoms with Crippen LogP contribution < -0.4 is 0 Å². The third kappa shape index (κ3) is 5.72. The standard InChI is InChI=1S/C24H45N/c1-3-5-7-21-16-18-25(19-17-21)24-14-12-23(13-15-24)22-10-8-20(6-4-2)9-11-22/h20-24H,3-19H2,1-2H3/t20-,22-,23-,24-. The summed E-state index contributed by atoms with van der Waals surface area (Å²) >= 11 is 0. The van der Waals surface area contributed by atoms with E-state index in [1.54, 1.807) is 38.5 Å². The van der Waals surface area contributed by atoms with E-state index in [0.717, 1.165) is 29.7 Å². The lowest BCUT2D eigenvalue weighted by Gasteiger charge is -2.43. The topological polar surface area (TPSA) is 3.24 Å². The summed E-state index contributed by atoms with van der Waals surface area (Å²) in [6, 6.07) is 0.944. The highest BCUT2D eigenvalue weighted by Gasteiger charge is 2.33. The van der Waals surface area contributed by atoms with Crippen molar-refractivity contribution in [2.75, 3.05) is 13.1 Å². The van der Waals surface area contributed by atoms with Crippen molar-refractivity contribution in [3.8, 4) is 0 Å². The lowest BCUT2D eigenvalue weighted by molar-refractivity contribution is 0.0718. The highest BCUT2D eigenvalue weighted by molar-refractivity contribution is 4.86. The average Bonchev–Trinajstić information content (AvgIpc) is 2.68. The van der Waals surface area contributed by atoms with Gasteiger partial charge in [0.15, 0.2) is 0 Å². The van der Waals surface area contributed by atoms with Crippen LogP contribution in [0.4, 0.5) is 0 Å². The minimum absolute atomic E-state index is 0.944. The maximum absolute atomic E-state index is 2.89. The number of rotatable bonds is 7. The van der Waals surface area contributed by atoms with Crippen molar-refractivity contribution in [2.24, 2.45) is 23.7 Å². The molecule has 1 heterocycles. The maximum Gasteiger partial charge on any atom is 0.00954 e. The molecule has 1 nitrogen and oxygen atoms in total. The van der Waals surface area contributed by atoms with Crippen LogP contribution in [0.15, 0.2) is 0 Å². The van der Waals surface area contributed by atoms with E-state index in [1.165, 1.54) is 70.9 Å². The Morgan fingerprint density at radius 1 is 0.600 bits per heavy atom. The van der Waals surface area contributed by atoms with Crippen LogP contribution in [-0.2, 0) is 0 Å². The predicted octanol–water partition coefficient (Wildman–Crippen LogP) is 7.05. The van der Waals surface area contributed by atoms with Crippen LogP contribution in [0.3, 0.4) is 0 Å². The van der Waals surface area contributed by atoms with E-state index < -0.39 is 0 Å². The zero-order chi connectivity index (χ0) is 17.5. The molecule has 0 atom stereocenters. The van der Waals surface area contributed by atoms with Crippen LogP contribution in [0.5, 0.6) is 0 Å². The van der Waals surface area contributed by atoms with Crippen LogP contribution >= 0.6 is 0 Å². The van der Waals surface area contributed by atoms with Crippen molar-refractivity contribution >= 4 is 0 Å². The molecular weight excluding hydrogens is 302 g/mol. The molecule has 3 fully saturated rings. The second kappa shape index (κ2) is 10.3. The summed E-state index contributed by atoms with van der Waals surface area (Å²) in [4.78, 5) is 2.89. The maximum atomic E-state index is 2.89. The number of nitrogens with zero attached hydrogens (tertiary/aromatic N) is 1. The Bertz CT molecular complexity index is 341. The highest BCUT2D eigenvalue weighted by Crippen LogP contribution is 2.42. The minimum Gasteiger partial charge on any atom is -0.300 e. The molecule has 3 aliphatic rings. The van der Waals surface area contributed by atoms with Gasteiger partial charge in [0.25, 0.3) is 0 Å². The van der Waals surface area contributed by atoms with Crippen molar-refractivity contribution in [1.82, 2.24) is 4.90 Å². The number of hydrogen-bond acceptors (Lipinski definition) is 1. The van der Waals surface area contributed by atoms with Gasteiger partial charge >= 0.3 is 0 Å². The van der Waals surface area contributed by atoms with E-state index >= 15 is 0 Å². The lowest BCUT2D eigenvalue weighted by atomic mass is 9.69. The van der Waals surface area contributed by atoms with Crippen LogP contribution in [0.2, 0.25) is 0 Å². The first kappa shape index (κ1) is 19.7. The molecular formula is C24H45N. The third-order valence-electron chi connectivity index (χ3n) is 8.13. The molecule has 0 aromatic carbocycles. The number of piperidine rings is 1. The van der Waals surface area contributed by atoms with Crippen molar-refractivity contribution in [1.29, 1.82) is 0 Å². The zero-order valence-electron chi connectivity index (χ0n) is 17.4. The van der Waals surface area contributed by atoms with Gasteiger partial charge in [-0.15, -0.1) is 0 Å². The summed E-state index contributed by atoms with van der Waals surface area (Å²) in [6.45, 7) is 7.52. The summed E-state index contributed by atoms with van der Waals surface area (Å²) < 4.78 is 0. The second-order valence-electron chi connectivity index (χ2n) is 9.76. The van der Waals surface area contributed by atoms with Crippen LogP contribution in [0, 0.1) is 23.7 Å². The molecule has 0 spiro atoms. The normalized spacial score (nSPS) is 35.8. The quantitative estimate of drug-likeness (QED) is 0.476. The van der Waals surface area contributed by atoms with E-state index in [-0.39, 0.29) is 0 Å². The molecule has 1 aliphatic heterocycles. The Labute approximate surface area is 158 Å². The summed E-state index contributed by atoms with van der Waals surface area (Å²) in [5, 5.41) is 0. The van der Waals surface area contributed by atoms with E-state index in [2.05, 4.69) is 18.7 Å². The van der Waals surface area contributed by atoms with Gasteiger partial charge in [-0.3, -0.25) is 0 Å². The average molecular weight is 348 g/mol. The number of hydrogen-bond donors (Lipinski definition) is 0. The Kier molecular flexibility index (Phi) is 8.15. The summed E-state index contributed by atoms with van der Waals surface area (Å²) in [7, 11) is 0. The van der Waals surface area contributed by atoms with E-state index in [0.29, 0.717) is 0 Å². The summed E-state index contributed by atoms with van der Waals surface area (Å²) in [6.07, 6.45) is 22.5. The van der Waals surface area contributed by atoms with Gasteiger partial charge in [-0.05, 0) is 88.1 Å². The third-order valence-corrected chi connectivity index (χ3v) is 8.13. The molecule has 1 saturated heterocycles. The van der Waals surface area contributed by atoms with Crippen LogP contribution in [-0.4, -0.2) is 24.0 Å². The zero-order valence-corrected chi connectivity index (χ0v) is 17.4. The van der Waals surface area contributed by atoms with Crippen molar-refractivity contribution in [3.05, 3.63) is 0 Å². The Hall–Kier alpha value is -0.0400. The monoisotopic (exact) mass is 347 g/mol. The number of likely N-dealkylation sites (tertiary alicyclic amines) is 1. The fraction of sp³-hybridized carbons (Fsp3) is 1.00. The van der Waals surface area contributed by atoms with Crippen LogP contribution in [0.1, 0.15) is 110 Å². The minimum atomic E-state index is 0.944. The Morgan fingerprint density at radius 3 is 1.72 bits per heavy atom. The lowest BCUT2D eigenvalue weighted by Crippen LogP contribution is -2.43. The molecule has 2 aliphatic carbocycles. The Balaban J connectivity index is 1.34. The van der Waals surface area contributed by atoms with Crippen molar-refractivity contribution in [3.63, 3.8) is 0 Å². The fourth-order valence-corrected chi connectivity index (χ4v) is 6.39. The molecule has 0 aromatic rings. The molecule has 146 valence electrons. The second-order valence-corrected chi connectivity index (χ2v) is 9.76. The first-order chi connectivity index (χ1) is 12.3. The molecule has 3 rings (SSSR count). The molecule has 2 saturated carbocycles. The van der Waals surface area contributed by atoms with Gasteiger partial charge in [0.1, 0.15) is 0 Å². The highest BCUT2D eigenvalue weighted by atomic mass is 15.2. The Morgan fingerprint density at radius 2 is 1.16 bits per heavy atom. The molecule has 0 N–H and O–H groups in total. The van der Waals surface area contributed by atoms with Gasteiger partial charge in [-0.25, -0.2) is 0 Å². The largest absolute Gasteiger partial charge is 0.300 e. The van der Waals surface area contributed by atoms with Gasteiger partial charge in [-0.2, -0.15) is 0 Å². The fourth-order valence-electron chi connectivity index (χ4n) is 6.39. The van der Waals surface area contributed by atoms with Gasteiger partial charge in [0, 0.05) is 6.04 Å². The smallest absolute Gasteiger partial charge is 0.00954 e. The van der Waals surface area contributed by atoms with E-state index in [9.17, 15) is 0 Å². The first-order valence-electron chi connectivity index (χ1n) is 12.0. The molecule has 25 heavy (non-hydrogen) atoms. The van der Waals surface area contributed by atoms with Crippen LogP contribution in [0.25, 0.3) is 0 Å². The number of unbranched alkanes of at least 4 members (excludes halogenated alkanes) is 1. The predicted molar refractivity (Wildman–Crippen MR) is 110 cm³/mol. The summed E-state index contributed by atoms with van der Waals surface area (Å²) in [5.74, 6) is 4.30. The van der Waals surface area contributed by atoms with Gasteiger partial charge in [-0.1, -0.05) is 58.8 Å². The van der Waals surface area contributed by atoms with Crippen molar-refractivity contribution < 1.29 is 0 Å². The van der Waals surface area contributed by atoms with E-state index in [1.807, 2.05) is 0 Å². The molecule has 0 bridgehead atoms. The first-order valence-corrected chi connectivity index (χ1v) is 12.0. The SMILES string of the molecule is CCCCC1CCN([C@H]2CC[C@H]([C@H]3CC[C@H](CCC)CC3)CC2)CC1. The van der Waals surface area contributed by atoms with Gasteiger partial charge in [0.2, 0.25) is 0 Å². The van der Waals surface area contributed by atoms with Gasteiger partial charge in [0.05, 0.1) is 0 Å². The summed E-state index contributed by atoms with van der Waals surface area (Å²) in [5.41, 5.74) is 0. The molecule has 0 unspecified atom stereocenters. The molecule has 0 aromatic heterocycles.